The van der Waals surface area contributed by atoms with Crippen LogP contribution >= 0.6 is 11.3 Å². The Bertz CT molecular complexity index is 3440. The maximum Gasteiger partial charge on any atom is 0.143 e. The van der Waals surface area contributed by atoms with Crippen LogP contribution in [0.3, 0.4) is 0 Å². The molecular weight excluding hydrogens is 673 g/mol. The molecule has 2 heteroatoms. The maximum absolute atomic E-state index is 6.61. The third kappa shape index (κ3) is 4.26. The molecule has 0 N–H and O–H groups in total. The number of furan rings is 1. The average molecular weight is 703 g/mol. The molecule has 0 unspecified atom stereocenters. The Morgan fingerprint density at radius 1 is 0.296 bits per heavy atom. The van der Waals surface area contributed by atoms with Gasteiger partial charge in [-0.05, 0) is 95.3 Å². The van der Waals surface area contributed by atoms with Crippen molar-refractivity contribution in [2.24, 2.45) is 0 Å². The van der Waals surface area contributed by atoms with E-state index in [9.17, 15) is 0 Å². The summed E-state index contributed by atoms with van der Waals surface area (Å²) in [4.78, 5) is 0. The Morgan fingerprint density at radius 2 is 0.759 bits per heavy atom. The van der Waals surface area contributed by atoms with Gasteiger partial charge in [0.1, 0.15) is 11.2 Å². The van der Waals surface area contributed by atoms with Crippen LogP contribution in [0.25, 0.3) is 119 Å². The maximum atomic E-state index is 6.61. The molecule has 0 aliphatic carbocycles. The van der Waals surface area contributed by atoms with Crippen LogP contribution in [0, 0.1) is 0 Å². The minimum absolute atomic E-state index is 0.919. The van der Waals surface area contributed by atoms with Gasteiger partial charge in [0.05, 0.1) is 0 Å². The first kappa shape index (κ1) is 29.8. The van der Waals surface area contributed by atoms with E-state index in [4.69, 9.17) is 4.42 Å². The summed E-state index contributed by atoms with van der Waals surface area (Å²) in [5.74, 6) is 0. The lowest BCUT2D eigenvalue weighted by Crippen LogP contribution is -1.90. The highest BCUT2D eigenvalue weighted by Crippen LogP contribution is 2.46. The van der Waals surface area contributed by atoms with Gasteiger partial charge in [0, 0.05) is 36.3 Å². The summed E-state index contributed by atoms with van der Waals surface area (Å²) in [5.41, 5.74) is 9.37. The van der Waals surface area contributed by atoms with Crippen LogP contribution in [0.4, 0.5) is 0 Å². The van der Waals surface area contributed by atoms with E-state index in [0.717, 1.165) is 21.9 Å². The second-order valence-electron chi connectivity index (χ2n) is 14.3. The van der Waals surface area contributed by atoms with Crippen molar-refractivity contribution in [2.75, 3.05) is 0 Å². The number of thiophene rings is 1. The average Bonchev–Trinajstić information content (AvgIpc) is 3.81. The normalized spacial score (nSPS) is 12.1. The molecule has 250 valence electrons. The Labute approximate surface area is 314 Å². The van der Waals surface area contributed by atoms with Crippen LogP contribution < -0.4 is 0 Å². The lowest BCUT2D eigenvalue weighted by atomic mass is 9.86. The van der Waals surface area contributed by atoms with Crippen molar-refractivity contribution in [2.45, 2.75) is 0 Å². The molecule has 54 heavy (non-hydrogen) atoms. The van der Waals surface area contributed by atoms with Crippen molar-refractivity contribution < 1.29 is 4.42 Å². The second-order valence-corrected chi connectivity index (χ2v) is 15.4. The van der Waals surface area contributed by atoms with Crippen LogP contribution in [0.1, 0.15) is 0 Å². The molecule has 10 aromatic carbocycles. The predicted octanol–water partition coefficient (Wildman–Crippen LogP) is 15.6. The van der Waals surface area contributed by atoms with Gasteiger partial charge in [-0.15, -0.1) is 11.3 Å². The highest BCUT2D eigenvalue weighted by atomic mass is 32.1. The molecule has 0 saturated carbocycles. The zero-order valence-electron chi connectivity index (χ0n) is 29.1. The van der Waals surface area contributed by atoms with Crippen molar-refractivity contribution in [1.82, 2.24) is 0 Å². The van der Waals surface area contributed by atoms with E-state index in [1.54, 1.807) is 0 Å². The number of hydrogen-bond donors (Lipinski definition) is 0. The fourth-order valence-corrected chi connectivity index (χ4v) is 10.2. The second kappa shape index (κ2) is 11.4. The molecule has 0 spiro atoms. The molecule has 0 bridgehead atoms. The first-order valence-corrected chi connectivity index (χ1v) is 19.3. The van der Waals surface area contributed by atoms with Crippen molar-refractivity contribution in [3.05, 3.63) is 182 Å². The molecule has 0 aliphatic heterocycles. The lowest BCUT2D eigenvalue weighted by Gasteiger charge is -2.17. The Hall–Kier alpha value is -6.74. The Kier molecular flexibility index (Phi) is 6.28. The highest BCUT2D eigenvalue weighted by Gasteiger charge is 2.19. The molecule has 2 aromatic heterocycles. The number of fused-ring (bicyclic) bond motifs is 13. The van der Waals surface area contributed by atoms with Gasteiger partial charge in [-0.25, -0.2) is 0 Å². The molecule has 1 nitrogen and oxygen atoms in total. The van der Waals surface area contributed by atoms with E-state index in [-0.39, 0.29) is 0 Å². The molecule has 0 saturated heterocycles. The quantitative estimate of drug-likeness (QED) is 0.132. The van der Waals surface area contributed by atoms with Gasteiger partial charge in [0.25, 0.3) is 0 Å². The van der Waals surface area contributed by atoms with Crippen molar-refractivity contribution in [3.63, 3.8) is 0 Å². The van der Waals surface area contributed by atoms with E-state index in [1.165, 1.54) is 96.6 Å². The van der Waals surface area contributed by atoms with E-state index in [1.807, 2.05) is 11.3 Å². The molecule has 12 aromatic rings. The van der Waals surface area contributed by atoms with Crippen LogP contribution in [-0.4, -0.2) is 0 Å². The van der Waals surface area contributed by atoms with Gasteiger partial charge >= 0.3 is 0 Å². The molecule has 0 amide bonds. The molecule has 12 rings (SSSR count). The van der Waals surface area contributed by atoms with Crippen molar-refractivity contribution in [3.8, 4) is 33.4 Å². The van der Waals surface area contributed by atoms with Gasteiger partial charge < -0.3 is 4.42 Å². The van der Waals surface area contributed by atoms with Gasteiger partial charge in [-0.2, -0.15) is 0 Å². The van der Waals surface area contributed by atoms with Crippen molar-refractivity contribution in [1.29, 1.82) is 0 Å². The van der Waals surface area contributed by atoms with Gasteiger partial charge in [0.2, 0.25) is 0 Å². The molecule has 0 fully saturated rings. The molecule has 0 radical (unpaired) electrons. The van der Waals surface area contributed by atoms with Crippen LogP contribution in [-0.2, 0) is 0 Å². The van der Waals surface area contributed by atoms with Gasteiger partial charge in [0.15, 0.2) is 0 Å². The molecular formula is C52H30OS. The Balaban J connectivity index is 1.02. The van der Waals surface area contributed by atoms with E-state index in [0.29, 0.717) is 0 Å². The van der Waals surface area contributed by atoms with Crippen molar-refractivity contribution >= 4 is 96.5 Å². The number of benzene rings is 10. The third-order valence-corrected chi connectivity index (χ3v) is 12.6. The molecule has 2 heterocycles. The van der Waals surface area contributed by atoms with Crippen LogP contribution in [0.15, 0.2) is 186 Å². The minimum atomic E-state index is 0.919. The summed E-state index contributed by atoms with van der Waals surface area (Å²) in [5, 5.41) is 14.9. The first-order chi connectivity index (χ1) is 26.8. The molecule has 0 atom stereocenters. The molecule has 0 aliphatic rings. The fourth-order valence-electron chi connectivity index (χ4n) is 9.05. The smallest absolute Gasteiger partial charge is 0.143 e. The minimum Gasteiger partial charge on any atom is -0.455 e. The third-order valence-electron chi connectivity index (χ3n) is 11.4. The SMILES string of the molecule is c1ccc(-c2c3ccccc3c(-c3ccc4c(c3)sc3cc(-c5ccc6oc7c8ccccc8c8ccccc8c7c6c5)ccc34)c3ccccc23)cc1. The largest absolute Gasteiger partial charge is 0.455 e. The summed E-state index contributed by atoms with van der Waals surface area (Å²) in [6.45, 7) is 0. The summed E-state index contributed by atoms with van der Waals surface area (Å²) >= 11 is 1.88. The topological polar surface area (TPSA) is 13.1 Å². The van der Waals surface area contributed by atoms with E-state index < -0.39 is 0 Å². The van der Waals surface area contributed by atoms with E-state index >= 15 is 0 Å². The zero-order valence-corrected chi connectivity index (χ0v) is 30.0. The van der Waals surface area contributed by atoms with Crippen LogP contribution in [0.5, 0.6) is 0 Å². The summed E-state index contributed by atoms with van der Waals surface area (Å²) in [7, 11) is 0. The van der Waals surface area contributed by atoms with Gasteiger partial charge in [-0.3, -0.25) is 0 Å². The predicted molar refractivity (Wildman–Crippen MR) is 233 cm³/mol. The summed E-state index contributed by atoms with van der Waals surface area (Å²) in [6.07, 6.45) is 0. The lowest BCUT2D eigenvalue weighted by molar-refractivity contribution is 0.673. The van der Waals surface area contributed by atoms with Gasteiger partial charge in [-0.1, -0.05) is 158 Å². The summed E-state index contributed by atoms with van der Waals surface area (Å²) in [6, 6.07) is 66.6. The van der Waals surface area contributed by atoms with Crippen LogP contribution in [0.2, 0.25) is 0 Å². The zero-order chi connectivity index (χ0) is 35.3. The van der Waals surface area contributed by atoms with E-state index in [2.05, 4.69) is 182 Å². The first-order valence-electron chi connectivity index (χ1n) is 18.5. The monoisotopic (exact) mass is 702 g/mol. The Morgan fingerprint density at radius 3 is 1.41 bits per heavy atom. The fraction of sp³-hybridized carbons (Fsp3) is 0. The highest BCUT2D eigenvalue weighted by molar-refractivity contribution is 7.25. The summed E-state index contributed by atoms with van der Waals surface area (Å²) < 4.78 is 9.20. The number of hydrogen-bond acceptors (Lipinski definition) is 2. The number of rotatable bonds is 3. The standard InChI is InChI=1S/C52H30OS/c1-2-12-31(13-3-1)49-40-17-7-9-19-42(40)50(43-20-10-8-18-41(43)49)34-23-26-38-37-25-22-33(29-47(37)54-48(38)30-34)32-24-27-46-45(28-32)51-39-16-6-4-14-35(39)36-15-5-11-21-44(36)52(51)53-46/h1-30H.